The van der Waals surface area contributed by atoms with Gasteiger partial charge in [0, 0.05) is 6.20 Å². The number of pyridine rings is 1. The number of nitrogens with one attached hydrogen (secondary N) is 2. The van der Waals surface area contributed by atoms with E-state index in [-0.39, 0.29) is 11.4 Å². The average molecular weight is 189 g/mol. The van der Waals surface area contributed by atoms with Gasteiger partial charge in [0.2, 0.25) is 5.91 Å². The van der Waals surface area contributed by atoms with E-state index < -0.39 is 0 Å². The van der Waals surface area contributed by atoms with Crippen LogP contribution in [0.15, 0.2) is 18.3 Å². The van der Waals surface area contributed by atoms with E-state index in [0.717, 1.165) is 30.8 Å². The minimum Gasteiger partial charge on any atom is -0.354 e. The second-order valence-corrected chi connectivity index (χ2v) is 3.91. The number of carbonyl (C=O) groups is 1. The largest absolute Gasteiger partial charge is 0.354 e. The molecule has 72 valence electrons. The number of carbonyl (C=O) groups excluding carboxylic acids is 1. The van der Waals surface area contributed by atoms with E-state index in [0.29, 0.717) is 0 Å². The molecule has 1 aromatic rings. The van der Waals surface area contributed by atoms with Crippen LogP contribution in [-0.2, 0) is 4.79 Å². The zero-order valence-corrected chi connectivity index (χ0v) is 7.71. The molecule has 0 atom stereocenters. The van der Waals surface area contributed by atoms with Crippen LogP contribution in [0.4, 0.5) is 11.5 Å². The molecule has 0 radical (unpaired) electrons. The van der Waals surface area contributed by atoms with Crippen molar-refractivity contribution in [1.82, 2.24) is 4.98 Å². The van der Waals surface area contributed by atoms with E-state index in [2.05, 4.69) is 15.6 Å². The Hall–Kier alpha value is -1.58. The Kier molecular flexibility index (Phi) is 1.37. The van der Waals surface area contributed by atoms with E-state index in [1.165, 1.54) is 0 Å². The highest BCUT2D eigenvalue weighted by Gasteiger charge is 2.47. The van der Waals surface area contributed by atoms with Crippen molar-refractivity contribution in [3.8, 4) is 0 Å². The lowest BCUT2D eigenvalue weighted by Crippen LogP contribution is -2.57. The molecule has 3 rings (SSSR count). The van der Waals surface area contributed by atoms with Crippen LogP contribution in [0.25, 0.3) is 0 Å². The molecule has 2 heterocycles. The summed E-state index contributed by atoms with van der Waals surface area (Å²) in [5, 5.41) is 6.13. The Labute approximate surface area is 81.7 Å². The van der Waals surface area contributed by atoms with Crippen molar-refractivity contribution in [2.75, 3.05) is 10.6 Å². The third-order valence-electron chi connectivity index (χ3n) is 3.06. The summed E-state index contributed by atoms with van der Waals surface area (Å²) < 4.78 is 0. The maximum atomic E-state index is 11.8. The van der Waals surface area contributed by atoms with Crippen LogP contribution in [0.3, 0.4) is 0 Å². The van der Waals surface area contributed by atoms with Gasteiger partial charge in [0.15, 0.2) is 5.82 Å². The average Bonchev–Trinajstić information content (AvgIpc) is 2.14. The molecule has 1 spiro atoms. The van der Waals surface area contributed by atoms with Crippen molar-refractivity contribution in [3.63, 3.8) is 0 Å². The van der Waals surface area contributed by atoms with Crippen LogP contribution in [0.5, 0.6) is 0 Å². The number of aromatic nitrogens is 1. The number of amides is 1. The first kappa shape index (κ1) is 7.79. The predicted octanol–water partition coefficient (Wildman–Crippen LogP) is 1.37. The number of hydrogen-bond donors (Lipinski definition) is 2. The molecule has 1 amide bonds. The molecule has 0 aromatic carbocycles. The van der Waals surface area contributed by atoms with Crippen LogP contribution in [0.2, 0.25) is 0 Å². The summed E-state index contributed by atoms with van der Waals surface area (Å²) in [6.07, 6.45) is 4.67. The first-order chi connectivity index (χ1) is 6.80. The van der Waals surface area contributed by atoms with E-state index in [9.17, 15) is 4.79 Å². The van der Waals surface area contributed by atoms with Gasteiger partial charge in [-0.05, 0) is 31.4 Å². The minimum absolute atomic E-state index is 0.0873. The molecule has 14 heavy (non-hydrogen) atoms. The summed E-state index contributed by atoms with van der Waals surface area (Å²) in [5.74, 6) is 0.885. The number of fused-ring (bicyclic) bond motifs is 1. The van der Waals surface area contributed by atoms with E-state index in [1.54, 1.807) is 6.20 Å². The van der Waals surface area contributed by atoms with Crippen LogP contribution in [0, 0.1) is 0 Å². The number of hydrogen-bond acceptors (Lipinski definition) is 3. The Bertz CT molecular complexity index is 398. The molecule has 4 nitrogen and oxygen atoms in total. The van der Waals surface area contributed by atoms with Crippen LogP contribution in [-0.4, -0.2) is 16.4 Å². The quantitative estimate of drug-likeness (QED) is 0.648. The van der Waals surface area contributed by atoms with Gasteiger partial charge >= 0.3 is 0 Å². The summed E-state index contributed by atoms with van der Waals surface area (Å²) in [5.41, 5.74) is 0.427. The molecule has 1 fully saturated rings. The zero-order chi connectivity index (χ0) is 9.60. The van der Waals surface area contributed by atoms with Crippen LogP contribution >= 0.6 is 0 Å². The summed E-state index contributed by atoms with van der Waals surface area (Å²) in [6, 6.07) is 3.68. The highest BCUT2D eigenvalue weighted by Crippen LogP contribution is 2.40. The molecule has 1 aromatic heterocycles. The van der Waals surface area contributed by atoms with Crippen LogP contribution in [0.1, 0.15) is 19.3 Å². The summed E-state index contributed by atoms with van der Waals surface area (Å²) in [6.45, 7) is 0. The summed E-state index contributed by atoms with van der Waals surface area (Å²) >= 11 is 0. The fourth-order valence-corrected chi connectivity index (χ4v) is 2.01. The Morgan fingerprint density at radius 2 is 2.29 bits per heavy atom. The minimum atomic E-state index is -0.360. The first-order valence-electron chi connectivity index (χ1n) is 4.85. The van der Waals surface area contributed by atoms with Gasteiger partial charge in [-0.15, -0.1) is 0 Å². The first-order valence-corrected chi connectivity index (χ1v) is 4.85. The van der Waals surface area contributed by atoms with Crippen molar-refractivity contribution in [3.05, 3.63) is 18.3 Å². The highest BCUT2D eigenvalue weighted by molar-refractivity contribution is 6.05. The fourth-order valence-electron chi connectivity index (χ4n) is 2.01. The van der Waals surface area contributed by atoms with Crippen LogP contribution < -0.4 is 10.6 Å². The predicted molar refractivity (Wildman–Crippen MR) is 53.1 cm³/mol. The van der Waals surface area contributed by atoms with E-state index in [1.807, 2.05) is 12.1 Å². The molecular weight excluding hydrogens is 178 g/mol. The van der Waals surface area contributed by atoms with Gasteiger partial charge < -0.3 is 10.6 Å². The zero-order valence-electron chi connectivity index (χ0n) is 7.71. The molecule has 2 N–H and O–H groups in total. The van der Waals surface area contributed by atoms with Gasteiger partial charge in [-0.3, -0.25) is 4.79 Å². The normalized spacial score (nSPS) is 21.9. The van der Waals surface area contributed by atoms with Crippen molar-refractivity contribution in [2.45, 2.75) is 24.8 Å². The molecule has 0 saturated heterocycles. The van der Waals surface area contributed by atoms with Gasteiger partial charge in [0.25, 0.3) is 0 Å². The highest BCUT2D eigenvalue weighted by atomic mass is 16.2. The molecule has 1 aliphatic carbocycles. The Morgan fingerprint density at radius 1 is 1.43 bits per heavy atom. The van der Waals surface area contributed by atoms with Crippen molar-refractivity contribution < 1.29 is 4.79 Å². The van der Waals surface area contributed by atoms with Crippen molar-refractivity contribution in [2.24, 2.45) is 0 Å². The number of nitrogens with zero attached hydrogens (tertiary/aromatic N) is 1. The van der Waals surface area contributed by atoms with Gasteiger partial charge in [0.1, 0.15) is 5.54 Å². The van der Waals surface area contributed by atoms with Gasteiger partial charge in [-0.2, -0.15) is 0 Å². The summed E-state index contributed by atoms with van der Waals surface area (Å²) in [7, 11) is 0. The lowest BCUT2D eigenvalue weighted by molar-refractivity contribution is -0.123. The molecule has 1 saturated carbocycles. The van der Waals surface area contributed by atoms with E-state index in [4.69, 9.17) is 0 Å². The lowest BCUT2D eigenvalue weighted by Gasteiger charge is -2.44. The molecule has 0 bridgehead atoms. The Morgan fingerprint density at radius 3 is 3.00 bits per heavy atom. The Balaban J connectivity index is 2.03. The second kappa shape index (κ2) is 2.47. The van der Waals surface area contributed by atoms with Gasteiger partial charge in [-0.25, -0.2) is 4.98 Å². The topological polar surface area (TPSA) is 54.0 Å². The number of anilines is 2. The molecular formula is C10H11N3O. The monoisotopic (exact) mass is 189 g/mol. The fraction of sp³-hybridized carbons (Fsp3) is 0.400. The maximum Gasteiger partial charge on any atom is 0.250 e. The van der Waals surface area contributed by atoms with Gasteiger partial charge in [0.05, 0.1) is 5.69 Å². The van der Waals surface area contributed by atoms with Crippen molar-refractivity contribution >= 4 is 17.4 Å². The van der Waals surface area contributed by atoms with Gasteiger partial charge in [-0.1, -0.05) is 0 Å². The maximum absolute atomic E-state index is 11.8. The summed E-state index contributed by atoms with van der Waals surface area (Å²) in [4.78, 5) is 16.0. The lowest BCUT2D eigenvalue weighted by atomic mass is 9.75. The van der Waals surface area contributed by atoms with E-state index >= 15 is 0 Å². The smallest absolute Gasteiger partial charge is 0.250 e. The molecule has 4 heteroatoms. The second-order valence-electron chi connectivity index (χ2n) is 3.91. The molecule has 2 aliphatic rings. The number of rotatable bonds is 0. The molecule has 0 unspecified atom stereocenters. The third-order valence-corrected chi connectivity index (χ3v) is 3.06. The third kappa shape index (κ3) is 0.880. The standard InChI is InChI=1S/C10H11N3O/c14-9-10(4-2-5-10)13-8-7(12-9)3-1-6-11-8/h1,3,6H,2,4-5H2,(H,11,13)(H,12,14). The SMILES string of the molecule is O=C1Nc2cccnc2NC12CCC2. The molecule has 1 aliphatic heterocycles. The van der Waals surface area contributed by atoms with Crippen molar-refractivity contribution in [1.29, 1.82) is 0 Å².